The zero-order valence-corrected chi connectivity index (χ0v) is 7.96. The van der Waals surface area contributed by atoms with Crippen LogP contribution in [0.4, 0.5) is 0 Å². The zero-order valence-electron chi connectivity index (χ0n) is 5.56. The van der Waals surface area contributed by atoms with Gasteiger partial charge in [-0.2, -0.15) is 12.6 Å². The molecule has 0 aliphatic heterocycles. The predicted octanol–water partition coefficient (Wildman–Crippen LogP) is 3.22. The molecule has 0 bridgehead atoms. The molecule has 1 atom stereocenters. The van der Waals surface area contributed by atoms with Crippen LogP contribution < -0.4 is 0 Å². The minimum atomic E-state index is 0.142. The average Bonchev–Trinajstić information content (AvgIpc) is 1.88. The van der Waals surface area contributed by atoms with Crippen LogP contribution in [0, 0.1) is 0 Å². The van der Waals surface area contributed by atoms with Gasteiger partial charge in [0.25, 0.3) is 0 Å². The van der Waals surface area contributed by atoms with E-state index in [0.29, 0.717) is 10.9 Å². The SMILES string of the molecule is C=C/C(Cl)=C\C(S)CCCl. The highest BCUT2D eigenvalue weighted by molar-refractivity contribution is 7.81. The molecule has 3 heteroatoms. The Balaban J connectivity index is 3.73. The van der Waals surface area contributed by atoms with Crippen LogP contribution >= 0.6 is 35.8 Å². The molecule has 10 heavy (non-hydrogen) atoms. The van der Waals surface area contributed by atoms with Crippen LogP contribution in [0.1, 0.15) is 6.42 Å². The topological polar surface area (TPSA) is 0 Å². The molecule has 0 aliphatic rings. The molecule has 0 fully saturated rings. The van der Waals surface area contributed by atoms with Gasteiger partial charge >= 0.3 is 0 Å². The van der Waals surface area contributed by atoms with Crippen LogP contribution in [0.15, 0.2) is 23.8 Å². The summed E-state index contributed by atoms with van der Waals surface area (Å²) in [5, 5.41) is 0.771. The van der Waals surface area contributed by atoms with Gasteiger partial charge in [-0.15, -0.1) is 11.6 Å². The van der Waals surface area contributed by atoms with E-state index in [9.17, 15) is 0 Å². The summed E-state index contributed by atoms with van der Waals surface area (Å²) in [6, 6.07) is 0. The van der Waals surface area contributed by atoms with Crippen molar-refractivity contribution in [2.75, 3.05) is 5.88 Å². The van der Waals surface area contributed by atoms with Gasteiger partial charge in [0, 0.05) is 16.2 Å². The summed E-state index contributed by atoms with van der Waals surface area (Å²) in [4.78, 5) is 0. The van der Waals surface area contributed by atoms with Crippen molar-refractivity contribution in [2.45, 2.75) is 11.7 Å². The highest BCUT2D eigenvalue weighted by Gasteiger charge is 1.96. The number of rotatable bonds is 4. The monoisotopic (exact) mass is 196 g/mol. The van der Waals surface area contributed by atoms with Crippen molar-refractivity contribution < 1.29 is 0 Å². The largest absolute Gasteiger partial charge is 0.172 e. The van der Waals surface area contributed by atoms with Crippen LogP contribution in [-0.2, 0) is 0 Å². The van der Waals surface area contributed by atoms with E-state index in [4.69, 9.17) is 23.2 Å². The number of halogens is 2. The first-order valence-corrected chi connectivity index (χ1v) is 4.37. The van der Waals surface area contributed by atoms with Gasteiger partial charge in [0.2, 0.25) is 0 Å². The molecule has 0 spiro atoms. The van der Waals surface area contributed by atoms with Gasteiger partial charge in [0.15, 0.2) is 0 Å². The van der Waals surface area contributed by atoms with Gasteiger partial charge in [0.1, 0.15) is 0 Å². The molecule has 0 aromatic heterocycles. The minimum Gasteiger partial charge on any atom is -0.172 e. The van der Waals surface area contributed by atoms with Gasteiger partial charge in [-0.25, -0.2) is 0 Å². The second kappa shape index (κ2) is 6.14. The molecule has 0 N–H and O–H groups in total. The first-order chi connectivity index (χ1) is 4.70. The van der Waals surface area contributed by atoms with E-state index in [-0.39, 0.29) is 5.25 Å². The smallest absolute Gasteiger partial charge is 0.0371 e. The fourth-order valence-corrected chi connectivity index (χ4v) is 1.36. The Hall–Kier alpha value is 0.410. The maximum Gasteiger partial charge on any atom is 0.0371 e. The summed E-state index contributed by atoms with van der Waals surface area (Å²) in [5.74, 6) is 0.603. The number of allylic oxidation sites excluding steroid dienone is 2. The van der Waals surface area contributed by atoms with Crippen LogP contribution in [0.5, 0.6) is 0 Å². The second-order valence-corrected chi connectivity index (χ2v) is 3.28. The number of hydrogen-bond donors (Lipinski definition) is 1. The maximum atomic E-state index is 5.65. The van der Waals surface area contributed by atoms with E-state index in [0.717, 1.165) is 6.42 Å². The lowest BCUT2D eigenvalue weighted by Crippen LogP contribution is -1.94. The van der Waals surface area contributed by atoms with E-state index in [2.05, 4.69) is 19.2 Å². The second-order valence-electron chi connectivity index (χ2n) is 1.80. The van der Waals surface area contributed by atoms with Gasteiger partial charge in [-0.1, -0.05) is 30.3 Å². The molecule has 58 valence electrons. The molecular weight excluding hydrogens is 187 g/mol. The van der Waals surface area contributed by atoms with Gasteiger partial charge in [0.05, 0.1) is 0 Å². The summed E-state index contributed by atoms with van der Waals surface area (Å²) in [7, 11) is 0. The van der Waals surface area contributed by atoms with E-state index >= 15 is 0 Å². The lowest BCUT2D eigenvalue weighted by Gasteiger charge is -2.00. The van der Waals surface area contributed by atoms with E-state index in [1.54, 1.807) is 6.08 Å². The Labute approximate surface area is 77.3 Å². The Bertz CT molecular complexity index is 132. The first kappa shape index (κ1) is 10.4. The first-order valence-electron chi connectivity index (χ1n) is 2.94. The standard InChI is InChI=1S/C7H10Cl2S/c1-2-6(9)5-7(10)3-4-8/h2,5,7,10H,1,3-4H2/b6-5+. The molecule has 1 unspecified atom stereocenters. The minimum absolute atomic E-state index is 0.142. The van der Waals surface area contributed by atoms with Crippen molar-refractivity contribution in [1.82, 2.24) is 0 Å². The highest BCUT2D eigenvalue weighted by atomic mass is 35.5. The third-order valence-corrected chi connectivity index (χ3v) is 1.86. The van der Waals surface area contributed by atoms with E-state index in [1.807, 2.05) is 6.08 Å². The summed E-state index contributed by atoms with van der Waals surface area (Å²) >= 11 is 15.3. The predicted molar refractivity (Wildman–Crippen MR) is 52.2 cm³/mol. The summed E-state index contributed by atoms with van der Waals surface area (Å²) in [6.07, 6.45) is 4.23. The summed E-state index contributed by atoms with van der Waals surface area (Å²) in [5.41, 5.74) is 0. The van der Waals surface area contributed by atoms with Crippen molar-refractivity contribution in [3.63, 3.8) is 0 Å². The van der Waals surface area contributed by atoms with Crippen molar-refractivity contribution in [3.05, 3.63) is 23.8 Å². The van der Waals surface area contributed by atoms with Crippen LogP contribution in [0.2, 0.25) is 0 Å². The van der Waals surface area contributed by atoms with Gasteiger partial charge in [-0.05, 0) is 6.42 Å². The summed E-state index contributed by atoms with van der Waals surface area (Å²) < 4.78 is 0. The third-order valence-electron chi connectivity index (χ3n) is 0.951. The van der Waals surface area contributed by atoms with Crippen LogP contribution in [0.3, 0.4) is 0 Å². The molecule has 0 radical (unpaired) electrons. The fourth-order valence-electron chi connectivity index (χ4n) is 0.447. The van der Waals surface area contributed by atoms with E-state index in [1.165, 1.54) is 0 Å². The van der Waals surface area contributed by atoms with Crippen molar-refractivity contribution >= 4 is 35.8 Å². The number of alkyl halides is 1. The van der Waals surface area contributed by atoms with Gasteiger partial charge in [-0.3, -0.25) is 0 Å². The molecule has 0 nitrogen and oxygen atoms in total. The molecule has 0 aromatic rings. The number of hydrogen-bond acceptors (Lipinski definition) is 1. The average molecular weight is 197 g/mol. The highest BCUT2D eigenvalue weighted by Crippen LogP contribution is 2.10. The fraction of sp³-hybridized carbons (Fsp3) is 0.429. The molecule has 0 saturated heterocycles. The Morgan fingerprint density at radius 3 is 2.70 bits per heavy atom. The van der Waals surface area contributed by atoms with Crippen LogP contribution in [0.25, 0.3) is 0 Å². The normalized spacial score (nSPS) is 14.9. The quantitative estimate of drug-likeness (QED) is 0.399. The van der Waals surface area contributed by atoms with Crippen LogP contribution in [-0.4, -0.2) is 11.1 Å². The lowest BCUT2D eigenvalue weighted by molar-refractivity contribution is 0.990. The zero-order chi connectivity index (χ0) is 7.98. The number of thiol groups is 1. The molecule has 0 heterocycles. The molecule has 0 rings (SSSR count). The maximum absolute atomic E-state index is 5.65. The Morgan fingerprint density at radius 1 is 1.70 bits per heavy atom. The van der Waals surface area contributed by atoms with Gasteiger partial charge < -0.3 is 0 Å². The van der Waals surface area contributed by atoms with Crippen molar-refractivity contribution in [3.8, 4) is 0 Å². The summed E-state index contributed by atoms with van der Waals surface area (Å²) in [6.45, 7) is 3.51. The van der Waals surface area contributed by atoms with E-state index < -0.39 is 0 Å². The molecule has 0 saturated carbocycles. The Kier molecular flexibility index (Phi) is 6.39. The Morgan fingerprint density at radius 2 is 2.30 bits per heavy atom. The van der Waals surface area contributed by atoms with Crippen molar-refractivity contribution in [2.24, 2.45) is 0 Å². The third kappa shape index (κ3) is 5.21. The lowest BCUT2D eigenvalue weighted by atomic mass is 10.3. The molecule has 0 amide bonds. The molecule has 0 aliphatic carbocycles. The molecule has 0 aromatic carbocycles. The van der Waals surface area contributed by atoms with Crippen molar-refractivity contribution in [1.29, 1.82) is 0 Å². The molecular formula is C7H10Cl2S.